The molecule has 0 amide bonds. The van der Waals surface area contributed by atoms with Gasteiger partial charge in [0.05, 0.1) is 6.20 Å². The molecule has 2 N–H and O–H groups in total. The van der Waals surface area contributed by atoms with Crippen LogP contribution >= 0.6 is 0 Å². The fraction of sp³-hybridized carbons (Fsp3) is 0. The molecule has 0 spiro atoms. The molecule has 0 bridgehead atoms. The molecule has 0 aliphatic heterocycles. The van der Waals surface area contributed by atoms with Gasteiger partial charge in [0.25, 0.3) is 0 Å². The SMILES string of the molecule is Nn1ccn2cncc12. The summed E-state index contributed by atoms with van der Waals surface area (Å²) in [5.74, 6) is 5.48. The monoisotopic (exact) mass is 122 g/mol. The highest BCUT2D eigenvalue weighted by molar-refractivity contribution is 5.36. The maximum atomic E-state index is 5.48. The highest BCUT2D eigenvalue weighted by Crippen LogP contribution is 1.97. The first kappa shape index (κ1) is 4.43. The third-order valence-electron chi connectivity index (χ3n) is 1.30. The second-order valence-corrected chi connectivity index (χ2v) is 1.86. The van der Waals surface area contributed by atoms with Crippen LogP contribution in [0.2, 0.25) is 0 Å². The van der Waals surface area contributed by atoms with Crippen molar-refractivity contribution < 1.29 is 0 Å². The smallest absolute Gasteiger partial charge is 0.155 e. The molecule has 0 saturated heterocycles. The number of nitrogen functional groups attached to an aromatic ring is 1. The zero-order chi connectivity index (χ0) is 6.27. The topological polar surface area (TPSA) is 48.2 Å². The van der Waals surface area contributed by atoms with Gasteiger partial charge in [0, 0.05) is 12.4 Å². The van der Waals surface area contributed by atoms with Crippen molar-refractivity contribution in [3.05, 3.63) is 24.9 Å². The molecule has 46 valence electrons. The molecule has 2 aromatic rings. The van der Waals surface area contributed by atoms with Crippen LogP contribution in [0, 0.1) is 0 Å². The van der Waals surface area contributed by atoms with E-state index in [0.29, 0.717) is 0 Å². The zero-order valence-corrected chi connectivity index (χ0v) is 4.73. The number of hydrogen-bond donors (Lipinski definition) is 1. The molecule has 9 heavy (non-hydrogen) atoms. The Morgan fingerprint density at radius 1 is 1.44 bits per heavy atom. The first-order valence-electron chi connectivity index (χ1n) is 2.62. The number of nitrogens with two attached hydrogens (primary N) is 1. The normalized spacial score (nSPS) is 10.7. The minimum absolute atomic E-state index is 0.898. The molecule has 0 aromatic carbocycles. The Labute approximate surface area is 51.5 Å². The predicted octanol–water partition coefficient (Wildman–Crippen LogP) is -0.150. The van der Waals surface area contributed by atoms with Crippen LogP contribution in [0.25, 0.3) is 5.65 Å². The minimum Gasteiger partial charge on any atom is -0.338 e. The van der Waals surface area contributed by atoms with Crippen molar-refractivity contribution in [3.63, 3.8) is 0 Å². The van der Waals surface area contributed by atoms with Crippen molar-refractivity contribution in [2.24, 2.45) is 0 Å². The molecule has 2 aromatic heterocycles. The molecule has 0 atom stereocenters. The summed E-state index contributed by atoms with van der Waals surface area (Å²) in [7, 11) is 0. The van der Waals surface area contributed by atoms with E-state index in [1.165, 1.54) is 4.68 Å². The number of nitrogens with zero attached hydrogens (tertiary/aromatic N) is 3. The van der Waals surface area contributed by atoms with Crippen LogP contribution in [-0.4, -0.2) is 14.1 Å². The van der Waals surface area contributed by atoms with Crippen LogP contribution in [0.1, 0.15) is 0 Å². The van der Waals surface area contributed by atoms with E-state index in [1.54, 1.807) is 18.7 Å². The Morgan fingerprint density at radius 2 is 2.33 bits per heavy atom. The molecule has 4 heteroatoms. The highest BCUT2D eigenvalue weighted by atomic mass is 15.3. The van der Waals surface area contributed by atoms with Gasteiger partial charge in [0.1, 0.15) is 6.33 Å². The number of rotatable bonds is 0. The Hall–Kier alpha value is -1.45. The average molecular weight is 122 g/mol. The van der Waals surface area contributed by atoms with Crippen LogP contribution in [0.5, 0.6) is 0 Å². The third kappa shape index (κ3) is 0.440. The molecular formula is C5H6N4. The summed E-state index contributed by atoms with van der Waals surface area (Å²) in [5, 5.41) is 0. The first-order valence-corrected chi connectivity index (χ1v) is 2.62. The van der Waals surface area contributed by atoms with Gasteiger partial charge in [-0.05, 0) is 0 Å². The van der Waals surface area contributed by atoms with Crippen molar-refractivity contribution in [2.75, 3.05) is 5.84 Å². The van der Waals surface area contributed by atoms with E-state index in [0.717, 1.165) is 5.65 Å². The molecule has 4 nitrogen and oxygen atoms in total. The predicted molar refractivity (Wildman–Crippen MR) is 33.3 cm³/mol. The lowest BCUT2D eigenvalue weighted by Gasteiger charge is -1.86. The number of imidazole rings is 2. The van der Waals surface area contributed by atoms with Gasteiger partial charge in [-0.1, -0.05) is 0 Å². The third-order valence-corrected chi connectivity index (χ3v) is 1.30. The van der Waals surface area contributed by atoms with Crippen LogP contribution in [0.4, 0.5) is 0 Å². The highest BCUT2D eigenvalue weighted by Gasteiger charge is 1.93. The lowest BCUT2D eigenvalue weighted by Crippen LogP contribution is -2.04. The minimum atomic E-state index is 0.898. The second-order valence-electron chi connectivity index (χ2n) is 1.86. The van der Waals surface area contributed by atoms with E-state index in [1.807, 2.05) is 10.6 Å². The Balaban J connectivity index is 2.99. The molecule has 2 rings (SSSR count). The summed E-state index contributed by atoms with van der Waals surface area (Å²) in [5.41, 5.74) is 0.898. The summed E-state index contributed by atoms with van der Waals surface area (Å²) in [6.45, 7) is 0. The van der Waals surface area contributed by atoms with Crippen molar-refractivity contribution in [1.29, 1.82) is 0 Å². The van der Waals surface area contributed by atoms with Crippen LogP contribution in [-0.2, 0) is 0 Å². The van der Waals surface area contributed by atoms with Crippen molar-refractivity contribution in [3.8, 4) is 0 Å². The molecule has 0 aliphatic carbocycles. The number of hydrogen-bond acceptors (Lipinski definition) is 2. The summed E-state index contributed by atoms with van der Waals surface area (Å²) in [6, 6.07) is 0. The van der Waals surface area contributed by atoms with Gasteiger partial charge in [-0.25, -0.2) is 4.98 Å². The first-order chi connectivity index (χ1) is 4.38. The van der Waals surface area contributed by atoms with Crippen molar-refractivity contribution in [1.82, 2.24) is 14.1 Å². The average Bonchev–Trinajstić information content (AvgIpc) is 2.35. The fourth-order valence-electron chi connectivity index (χ4n) is 0.833. The van der Waals surface area contributed by atoms with Gasteiger partial charge in [0.2, 0.25) is 0 Å². The Bertz CT molecular complexity index is 318. The van der Waals surface area contributed by atoms with Crippen LogP contribution in [0.3, 0.4) is 0 Å². The van der Waals surface area contributed by atoms with E-state index in [4.69, 9.17) is 5.84 Å². The van der Waals surface area contributed by atoms with Crippen LogP contribution < -0.4 is 5.84 Å². The van der Waals surface area contributed by atoms with Gasteiger partial charge in [0.15, 0.2) is 5.65 Å². The van der Waals surface area contributed by atoms with E-state index >= 15 is 0 Å². The van der Waals surface area contributed by atoms with Gasteiger partial charge < -0.3 is 5.84 Å². The van der Waals surface area contributed by atoms with Gasteiger partial charge >= 0.3 is 0 Å². The second kappa shape index (κ2) is 1.28. The largest absolute Gasteiger partial charge is 0.338 e. The molecule has 0 aliphatic rings. The molecular weight excluding hydrogens is 116 g/mol. The summed E-state index contributed by atoms with van der Waals surface area (Å²) in [6.07, 6.45) is 7.04. The summed E-state index contributed by atoms with van der Waals surface area (Å²) < 4.78 is 3.37. The van der Waals surface area contributed by atoms with E-state index in [2.05, 4.69) is 4.98 Å². The van der Waals surface area contributed by atoms with E-state index in [-0.39, 0.29) is 0 Å². The van der Waals surface area contributed by atoms with Gasteiger partial charge in [-0.2, -0.15) is 0 Å². The Kier molecular flexibility index (Phi) is 0.631. The maximum absolute atomic E-state index is 5.48. The molecule has 0 unspecified atom stereocenters. The molecule has 0 fully saturated rings. The maximum Gasteiger partial charge on any atom is 0.155 e. The number of fused-ring (bicyclic) bond motifs is 1. The zero-order valence-electron chi connectivity index (χ0n) is 4.73. The van der Waals surface area contributed by atoms with Crippen LogP contribution in [0.15, 0.2) is 24.9 Å². The molecule has 2 heterocycles. The van der Waals surface area contributed by atoms with Crippen molar-refractivity contribution in [2.45, 2.75) is 0 Å². The lowest BCUT2D eigenvalue weighted by molar-refractivity contribution is 1.05. The van der Waals surface area contributed by atoms with Crippen molar-refractivity contribution >= 4 is 5.65 Å². The standard InChI is InChI=1S/C5H6N4/c6-9-2-1-8-4-7-3-5(8)9/h1-4H,6H2. The quantitative estimate of drug-likeness (QED) is 0.494. The van der Waals surface area contributed by atoms with Gasteiger partial charge in [-0.3, -0.25) is 9.08 Å². The molecule has 0 radical (unpaired) electrons. The summed E-state index contributed by atoms with van der Waals surface area (Å²) >= 11 is 0. The lowest BCUT2D eigenvalue weighted by atomic mass is 10.8. The van der Waals surface area contributed by atoms with E-state index in [9.17, 15) is 0 Å². The Morgan fingerprint density at radius 3 is 3.11 bits per heavy atom. The van der Waals surface area contributed by atoms with E-state index < -0.39 is 0 Å². The van der Waals surface area contributed by atoms with Gasteiger partial charge in [-0.15, -0.1) is 0 Å². The number of aromatic nitrogens is 3. The summed E-state index contributed by atoms with van der Waals surface area (Å²) in [4.78, 5) is 3.88. The molecule has 0 saturated carbocycles. The fourth-order valence-corrected chi connectivity index (χ4v) is 0.833.